The van der Waals surface area contributed by atoms with Gasteiger partial charge in [0, 0.05) is 43.1 Å². The minimum absolute atomic E-state index is 0.00833. The fourth-order valence-electron chi connectivity index (χ4n) is 9.63. The first-order valence-electron chi connectivity index (χ1n) is 19.8. The Hall–Kier alpha value is -6.71. The fourth-order valence-corrected chi connectivity index (χ4v) is 9.81. The van der Waals surface area contributed by atoms with Gasteiger partial charge in [-0.05, 0) is 53.5 Å². The van der Waals surface area contributed by atoms with Crippen molar-refractivity contribution in [1.82, 2.24) is 23.5 Å². The Morgan fingerprint density at radius 3 is 2.33 bits per heavy atom. The van der Waals surface area contributed by atoms with E-state index in [9.17, 15) is 19.5 Å². The van der Waals surface area contributed by atoms with Gasteiger partial charge in [0.05, 0.1) is 61.5 Å². The van der Waals surface area contributed by atoms with Gasteiger partial charge in [0.15, 0.2) is 11.5 Å². The van der Waals surface area contributed by atoms with Gasteiger partial charge in [0.1, 0.15) is 18.1 Å². The molecule has 4 atom stereocenters. The van der Waals surface area contributed by atoms with Crippen LogP contribution in [0.4, 0.5) is 5.69 Å². The number of halogens is 1. The lowest BCUT2D eigenvalue weighted by atomic mass is 9.53. The summed E-state index contributed by atoms with van der Waals surface area (Å²) in [5.41, 5.74) is 0.396. The molecule has 4 heterocycles. The van der Waals surface area contributed by atoms with Gasteiger partial charge in [-0.1, -0.05) is 66.2 Å². The molecule has 312 valence electrons. The van der Waals surface area contributed by atoms with Crippen LogP contribution < -0.4 is 36.0 Å². The molecule has 61 heavy (non-hydrogen) atoms. The first-order chi connectivity index (χ1) is 29.5. The lowest BCUT2D eigenvalue weighted by Gasteiger charge is -2.49. The summed E-state index contributed by atoms with van der Waals surface area (Å²) in [6, 6.07) is 25.5. The van der Waals surface area contributed by atoms with Crippen molar-refractivity contribution < 1.29 is 28.9 Å². The number of imide groups is 1. The van der Waals surface area contributed by atoms with Gasteiger partial charge in [0.25, 0.3) is 5.56 Å². The topological polar surface area (TPSA) is 169 Å². The fraction of sp³-hybridized carbons (Fsp3) is 0.289. The number of amides is 2. The second-order valence-electron chi connectivity index (χ2n) is 15.3. The Kier molecular flexibility index (Phi) is 10.0. The smallest absolute Gasteiger partial charge is 0.347 e. The summed E-state index contributed by atoms with van der Waals surface area (Å²) in [5.74, 6) is -1.31. The van der Waals surface area contributed by atoms with Crippen LogP contribution in [0.2, 0.25) is 5.02 Å². The Bertz CT molecular complexity index is 2950. The Balaban J connectivity index is 1.17. The highest BCUT2D eigenvalue weighted by molar-refractivity contribution is 6.32. The third-order valence-corrected chi connectivity index (χ3v) is 12.5. The monoisotopic (exact) mass is 844 g/mol. The van der Waals surface area contributed by atoms with Crippen LogP contribution in [-0.2, 0) is 41.6 Å². The molecule has 1 aliphatic carbocycles. The van der Waals surface area contributed by atoms with E-state index in [1.165, 1.54) is 33.1 Å². The maximum atomic E-state index is 15.5. The molecule has 15 nitrogen and oxygen atoms in total. The summed E-state index contributed by atoms with van der Waals surface area (Å²) in [6.45, 7) is -0.233. The number of allylic oxidation sites excluding steroid dienone is 2. The highest BCUT2D eigenvalue weighted by Crippen LogP contribution is 2.62. The molecule has 0 spiro atoms. The molecule has 2 amide bonds. The zero-order chi connectivity index (χ0) is 42.7. The molecular weight excluding hydrogens is 804 g/mol. The molecule has 9 rings (SSSR count). The number of rotatable bonds is 11. The van der Waals surface area contributed by atoms with E-state index < -0.39 is 52.0 Å². The quantitative estimate of drug-likeness (QED) is 0.148. The van der Waals surface area contributed by atoms with Crippen LogP contribution in [-0.4, -0.2) is 67.8 Å². The number of benzene rings is 4. The van der Waals surface area contributed by atoms with Crippen molar-refractivity contribution in [3.63, 3.8) is 0 Å². The summed E-state index contributed by atoms with van der Waals surface area (Å²) >= 11 is 6.43. The Morgan fingerprint density at radius 2 is 1.62 bits per heavy atom. The van der Waals surface area contributed by atoms with Crippen molar-refractivity contribution in [2.45, 2.75) is 43.3 Å². The Labute approximate surface area is 353 Å². The largest absolute Gasteiger partial charge is 0.493 e. The van der Waals surface area contributed by atoms with Crippen LogP contribution in [0.1, 0.15) is 35.2 Å². The summed E-state index contributed by atoms with van der Waals surface area (Å²) in [7, 11) is 4.61. The van der Waals surface area contributed by atoms with E-state index in [1.807, 2.05) is 48.5 Å². The average Bonchev–Trinajstić information content (AvgIpc) is 3.66. The minimum atomic E-state index is -1.47. The number of nitrogens with zero attached hydrogens (tertiary/aromatic N) is 6. The van der Waals surface area contributed by atoms with E-state index in [2.05, 4.69) is 4.98 Å². The van der Waals surface area contributed by atoms with Crippen molar-refractivity contribution in [1.29, 1.82) is 0 Å². The van der Waals surface area contributed by atoms with Gasteiger partial charge in [-0.2, -0.15) is 0 Å². The first-order valence-corrected chi connectivity index (χ1v) is 20.2. The normalized spacial score (nSPS) is 20.6. The standard InChI is InChI=1S/C45H41ClN6O9/c1-48-36-25-38(60-3)37(59-2)24-34(36)47-33(41(48)55)17-18-49-43(57)50-19-16-31-35(52(50)44(49)58)23-32-40(54)51(29-11-7-10-28(46)22-29)42(56)45(32,27-8-5-4-6-9-27)39(31)26-12-14-30(15-13-26)61-21-20-53/h4-16,22,24-25,32,35,39,53H,17-21,23H2,1-3H3/t32-,35+,39-,45+/m0/s1. The second-order valence-corrected chi connectivity index (χ2v) is 15.7. The lowest BCUT2D eigenvalue weighted by molar-refractivity contribution is -0.124. The van der Waals surface area contributed by atoms with Gasteiger partial charge in [-0.25, -0.2) is 33.4 Å². The molecule has 4 aromatic carbocycles. The van der Waals surface area contributed by atoms with E-state index in [1.54, 1.807) is 55.6 Å². The Morgan fingerprint density at radius 1 is 0.885 bits per heavy atom. The maximum Gasteiger partial charge on any atom is 0.347 e. The lowest BCUT2D eigenvalue weighted by Crippen LogP contribution is -2.53. The molecule has 1 N–H and O–H groups in total. The number of anilines is 1. The number of aryl methyl sites for hydroxylation is 2. The number of aromatic nitrogens is 5. The summed E-state index contributed by atoms with van der Waals surface area (Å²) in [6.07, 6.45) is 1.88. The van der Waals surface area contributed by atoms with E-state index >= 15 is 9.59 Å². The molecule has 2 aromatic heterocycles. The zero-order valence-corrected chi connectivity index (χ0v) is 34.2. The third-order valence-electron chi connectivity index (χ3n) is 12.3. The molecule has 6 aromatic rings. The number of fused-ring (bicyclic) bond motifs is 5. The molecule has 2 fully saturated rings. The number of hydrogen-bond acceptors (Lipinski definition) is 10. The van der Waals surface area contributed by atoms with E-state index in [0.29, 0.717) is 55.7 Å². The van der Waals surface area contributed by atoms with Crippen LogP contribution in [0.25, 0.3) is 11.0 Å². The van der Waals surface area contributed by atoms with Crippen LogP contribution in [0.3, 0.4) is 0 Å². The third kappa shape index (κ3) is 6.12. The number of carbonyl (C=O) groups excluding carboxylic acids is 2. The number of carbonyl (C=O) groups is 2. The molecule has 0 bridgehead atoms. The minimum Gasteiger partial charge on any atom is -0.493 e. The van der Waals surface area contributed by atoms with Crippen LogP contribution in [0.15, 0.2) is 117 Å². The van der Waals surface area contributed by atoms with Gasteiger partial charge in [-0.3, -0.25) is 14.4 Å². The second kappa shape index (κ2) is 15.4. The molecule has 16 heteroatoms. The summed E-state index contributed by atoms with van der Waals surface area (Å²) in [5, 5.41) is 9.73. The van der Waals surface area contributed by atoms with Crippen molar-refractivity contribution in [3.8, 4) is 17.2 Å². The van der Waals surface area contributed by atoms with Gasteiger partial charge in [0.2, 0.25) is 11.8 Å². The van der Waals surface area contributed by atoms with Gasteiger partial charge < -0.3 is 23.9 Å². The number of ether oxygens (including phenoxy) is 3. The molecule has 1 saturated carbocycles. The van der Waals surface area contributed by atoms with E-state index in [4.69, 9.17) is 25.8 Å². The van der Waals surface area contributed by atoms with Crippen LogP contribution in [0, 0.1) is 5.92 Å². The van der Waals surface area contributed by atoms with E-state index in [-0.39, 0.29) is 44.8 Å². The van der Waals surface area contributed by atoms with Crippen LogP contribution >= 0.6 is 11.6 Å². The highest BCUT2D eigenvalue weighted by atomic mass is 35.5. The summed E-state index contributed by atoms with van der Waals surface area (Å²) < 4.78 is 21.8. The molecular formula is C45H41ClN6O9. The predicted octanol–water partition coefficient (Wildman–Crippen LogP) is 4.14. The number of methoxy groups -OCH3 is 2. The average molecular weight is 845 g/mol. The first kappa shape index (κ1) is 39.7. The van der Waals surface area contributed by atoms with Gasteiger partial charge in [-0.15, -0.1) is 0 Å². The van der Waals surface area contributed by atoms with Crippen molar-refractivity contribution in [2.75, 3.05) is 32.3 Å². The van der Waals surface area contributed by atoms with Crippen molar-refractivity contribution >= 4 is 40.1 Å². The number of hydrogen-bond donors (Lipinski definition) is 1. The van der Waals surface area contributed by atoms with Crippen molar-refractivity contribution in [2.24, 2.45) is 13.0 Å². The SMILES string of the molecule is COc1cc2nc(CCn3c(=O)n4n(c3=O)[C@@H]3C[C@H]5C(=O)N(c6cccc(Cl)c6)C(=O)[C@@]5(c5ccccc5)[C@@H](c5ccc(OCCO)cc5)C3=CC4)c(=O)n(C)c2cc1OC. The zero-order valence-electron chi connectivity index (χ0n) is 33.5. The van der Waals surface area contributed by atoms with Gasteiger partial charge >= 0.3 is 11.4 Å². The molecule has 1 saturated heterocycles. The predicted molar refractivity (Wildman–Crippen MR) is 226 cm³/mol. The number of aliphatic hydroxyl groups is 1. The highest BCUT2D eigenvalue weighted by Gasteiger charge is 2.68. The van der Waals surface area contributed by atoms with Crippen molar-refractivity contribution in [3.05, 3.63) is 156 Å². The molecule has 0 radical (unpaired) electrons. The van der Waals surface area contributed by atoms with E-state index in [0.717, 1.165) is 4.57 Å². The van der Waals surface area contributed by atoms with Crippen LogP contribution in [0.5, 0.6) is 17.2 Å². The molecule has 2 aliphatic heterocycles. The molecule has 0 unspecified atom stereocenters. The molecule has 3 aliphatic rings. The maximum absolute atomic E-state index is 15.5. The number of aliphatic hydroxyl groups excluding tert-OH is 1. The summed E-state index contributed by atoms with van der Waals surface area (Å²) in [4.78, 5) is 78.7.